The van der Waals surface area contributed by atoms with Crippen molar-refractivity contribution < 1.29 is 26.6 Å². The summed E-state index contributed by atoms with van der Waals surface area (Å²) in [6.07, 6.45) is -2.32. The normalized spacial score (nSPS) is 14.4. The molecule has 0 fully saturated rings. The van der Waals surface area contributed by atoms with Crippen molar-refractivity contribution in [1.82, 2.24) is 14.8 Å². The summed E-state index contributed by atoms with van der Waals surface area (Å²) >= 11 is 0. The predicted molar refractivity (Wildman–Crippen MR) is 107 cm³/mol. The Morgan fingerprint density at radius 2 is 1.94 bits per heavy atom. The van der Waals surface area contributed by atoms with Gasteiger partial charge in [0.15, 0.2) is 0 Å². The Balaban J connectivity index is 1.64. The molecule has 12 heteroatoms. The van der Waals surface area contributed by atoms with Gasteiger partial charge in [0, 0.05) is 16.3 Å². The van der Waals surface area contributed by atoms with Gasteiger partial charge in [-0.15, -0.1) is 10.6 Å². The summed E-state index contributed by atoms with van der Waals surface area (Å²) in [6, 6.07) is 7.28. The number of anilines is 1. The molecule has 0 aliphatic heterocycles. The van der Waals surface area contributed by atoms with Crippen LogP contribution >= 0.6 is 0 Å². The Morgan fingerprint density at radius 1 is 1.22 bits per heavy atom. The Morgan fingerprint density at radius 3 is 2.62 bits per heavy atom. The summed E-state index contributed by atoms with van der Waals surface area (Å²) in [6.45, 7) is 1.20. The third-order valence-electron chi connectivity index (χ3n) is 4.96. The van der Waals surface area contributed by atoms with E-state index in [0.29, 0.717) is 30.5 Å². The quantitative estimate of drug-likeness (QED) is 0.437. The molecule has 0 atom stereocenters. The molecule has 168 valence electrons. The molecular formula is C20H16F4N5O2S-. The number of benzene rings is 1. The first-order chi connectivity index (χ1) is 15.1. The van der Waals surface area contributed by atoms with Crippen molar-refractivity contribution in [2.45, 2.75) is 37.4 Å². The molecule has 0 saturated carbocycles. The van der Waals surface area contributed by atoms with Crippen LogP contribution in [0.15, 0.2) is 45.9 Å². The fourth-order valence-corrected chi connectivity index (χ4v) is 4.21. The van der Waals surface area contributed by atoms with Crippen LogP contribution in [0.5, 0.6) is 0 Å². The van der Waals surface area contributed by atoms with E-state index in [9.17, 15) is 26.6 Å². The molecule has 1 aromatic carbocycles. The number of rotatable bonds is 3. The largest absolute Gasteiger partial charge is 0.438 e. The molecule has 2 aromatic heterocycles. The summed E-state index contributed by atoms with van der Waals surface area (Å²) in [5.74, 6) is -0.941. The zero-order chi connectivity index (χ0) is 23.0. The van der Waals surface area contributed by atoms with Crippen LogP contribution in [0.3, 0.4) is 0 Å². The maximum Gasteiger partial charge on any atom is 0.433 e. The first-order valence-corrected chi connectivity index (χ1v) is 10.6. The third kappa shape index (κ3) is 4.22. The number of amides is 2. The molecular weight excluding hydrogens is 450 g/mol. The summed E-state index contributed by atoms with van der Waals surface area (Å²) in [7, 11) is -2.51. The van der Waals surface area contributed by atoms with Crippen LogP contribution in [0.1, 0.15) is 28.9 Å². The van der Waals surface area contributed by atoms with E-state index < -0.39 is 39.3 Å². The van der Waals surface area contributed by atoms with Crippen LogP contribution in [0.2, 0.25) is 0 Å². The number of pyridine rings is 1. The highest BCUT2D eigenvalue weighted by Crippen LogP contribution is 2.38. The highest BCUT2D eigenvalue weighted by molar-refractivity contribution is 7.75. The number of aromatic nitrogens is 3. The van der Waals surface area contributed by atoms with Crippen molar-refractivity contribution in [2.75, 3.05) is 5.32 Å². The molecule has 0 radical (unpaired) electrons. The van der Waals surface area contributed by atoms with Gasteiger partial charge in [-0.05, 0) is 43.9 Å². The monoisotopic (exact) mass is 466 g/mol. The second kappa shape index (κ2) is 8.34. The molecule has 1 aliphatic carbocycles. The number of nitrogens with zero attached hydrogens (tertiary/aromatic N) is 4. The number of alkyl halides is 3. The number of fused-ring (bicyclic) bond motifs is 1. The maximum absolute atomic E-state index is 14.3. The topological polar surface area (TPSA) is 89.2 Å². The van der Waals surface area contributed by atoms with Crippen LogP contribution in [-0.2, 0) is 33.8 Å². The van der Waals surface area contributed by atoms with Crippen molar-refractivity contribution >= 4 is 22.3 Å². The van der Waals surface area contributed by atoms with E-state index in [0.717, 1.165) is 10.9 Å². The fraction of sp³-hybridized carbons (Fsp3) is 0.250. The lowest BCUT2D eigenvalue weighted by atomic mass is 10.1. The lowest BCUT2D eigenvalue weighted by Gasteiger charge is -2.17. The zero-order valence-electron chi connectivity index (χ0n) is 16.6. The van der Waals surface area contributed by atoms with Gasteiger partial charge >= 0.3 is 12.2 Å². The third-order valence-corrected chi connectivity index (χ3v) is 5.90. The first kappa shape index (κ1) is 21.9. The van der Waals surface area contributed by atoms with E-state index in [2.05, 4.69) is 19.8 Å². The average Bonchev–Trinajstić information content (AvgIpc) is 3.36. The Labute approximate surface area is 181 Å². The lowest BCUT2D eigenvalue weighted by molar-refractivity contribution is -0.141. The molecule has 1 N–H and O–H groups in total. The smallest absolute Gasteiger partial charge is 0.433 e. The number of halogens is 4. The predicted octanol–water partition coefficient (Wildman–Crippen LogP) is 4.96. The number of nitrogens with one attached hydrogen (secondary N) is 1. The summed E-state index contributed by atoms with van der Waals surface area (Å²) < 4.78 is 71.3. The van der Waals surface area contributed by atoms with E-state index >= 15 is 0 Å². The van der Waals surface area contributed by atoms with Crippen LogP contribution in [0, 0.1) is 12.7 Å². The molecule has 32 heavy (non-hydrogen) atoms. The number of aryl methyl sites for hydroxylation is 1. The van der Waals surface area contributed by atoms with Gasteiger partial charge < -0.3 is 13.9 Å². The molecule has 0 unspecified atom stereocenters. The fourth-order valence-electron chi connectivity index (χ4n) is 3.55. The van der Waals surface area contributed by atoms with Crippen LogP contribution in [0.25, 0.3) is 5.69 Å². The minimum Gasteiger partial charge on any atom is -0.438 e. The van der Waals surface area contributed by atoms with Crippen molar-refractivity contribution in [3.8, 4) is 5.69 Å². The number of para-hydroxylation sites is 1. The van der Waals surface area contributed by atoms with E-state index in [-0.39, 0.29) is 16.9 Å². The number of hydrogen-bond donors (Lipinski definition) is 1. The SMILES string of the molecule is Cc1c(C(F)(F)F)nc2c(c1NC(=O)/N=[S-](=O)/c1nn(-c3ccccc3)cc1F)CCC2. The summed E-state index contributed by atoms with van der Waals surface area (Å²) in [5, 5.41) is 5.58. The van der Waals surface area contributed by atoms with Gasteiger partial charge in [0.25, 0.3) is 0 Å². The number of urea groups is 1. The van der Waals surface area contributed by atoms with E-state index in [1.807, 2.05) is 0 Å². The van der Waals surface area contributed by atoms with Crippen molar-refractivity contribution in [3.63, 3.8) is 0 Å². The highest BCUT2D eigenvalue weighted by atomic mass is 32.2. The van der Waals surface area contributed by atoms with Gasteiger partial charge in [-0.3, -0.25) is 0 Å². The Hall–Kier alpha value is -3.28. The first-order valence-electron chi connectivity index (χ1n) is 9.50. The van der Waals surface area contributed by atoms with E-state index in [4.69, 9.17) is 0 Å². The molecule has 7 nitrogen and oxygen atoms in total. The molecule has 0 bridgehead atoms. The molecule has 2 amide bonds. The second-order valence-corrected chi connectivity index (χ2v) is 8.14. The van der Waals surface area contributed by atoms with Gasteiger partial charge in [-0.1, -0.05) is 18.2 Å². The number of carbonyl (C=O) groups excluding carboxylic acids is 1. The number of carbonyl (C=O) groups is 1. The van der Waals surface area contributed by atoms with Gasteiger partial charge in [0.2, 0.25) is 0 Å². The molecule has 3 aromatic rings. The van der Waals surface area contributed by atoms with Crippen molar-refractivity contribution in [3.05, 3.63) is 64.9 Å². The van der Waals surface area contributed by atoms with Gasteiger partial charge in [-0.25, -0.2) is 18.9 Å². The summed E-state index contributed by atoms with van der Waals surface area (Å²) in [4.78, 5) is 16.1. The average molecular weight is 466 g/mol. The molecule has 1 aliphatic rings. The molecule has 2 heterocycles. The Bertz CT molecular complexity index is 1280. The van der Waals surface area contributed by atoms with Gasteiger partial charge in [-0.2, -0.15) is 18.3 Å². The zero-order valence-corrected chi connectivity index (χ0v) is 17.4. The van der Waals surface area contributed by atoms with Crippen LogP contribution in [0.4, 0.5) is 28.0 Å². The van der Waals surface area contributed by atoms with Gasteiger partial charge in [0.05, 0.1) is 17.6 Å². The minimum atomic E-state index is -4.70. The van der Waals surface area contributed by atoms with Gasteiger partial charge in [0.1, 0.15) is 11.5 Å². The second-order valence-electron chi connectivity index (χ2n) is 7.07. The minimum absolute atomic E-state index is 0.0548. The maximum atomic E-state index is 14.3. The Kier molecular flexibility index (Phi) is 5.71. The molecule has 0 saturated heterocycles. The van der Waals surface area contributed by atoms with Crippen LogP contribution in [-0.4, -0.2) is 20.8 Å². The number of hydrogen-bond acceptors (Lipinski definition) is 5. The highest BCUT2D eigenvalue weighted by Gasteiger charge is 2.37. The molecule has 0 spiro atoms. The summed E-state index contributed by atoms with van der Waals surface area (Å²) in [5.41, 5.74) is -0.159. The standard InChI is InChI=1S/C20H16F4N5O2S/c1-11-16(13-8-5-9-15(13)25-17(11)20(22,23)24)26-19(30)28-32(31)18-14(21)10-29(27-18)12-6-3-2-4-7-12/h2-4,6-7,10H,5,8-9H2,1H3,(H,25,26,30)/q-1. The lowest BCUT2D eigenvalue weighted by Crippen LogP contribution is -2.17. The van der Waals surface area contributed by atoms with E-state index in [1.165, 1.54) is 6.92 Å². The van der Waals surface area contributed by atoms with Crippen molar-refractivity contribution in [2.24, 2.45) is 4.36 Å². The molecule has 4 rings (SSSR count). The van der Waals surface area contributed by atoms with Crippen molar-refractivity contribution in [1.29, 1.82) is 0 Å². The van der Waals surface area contributed by atoms with E-state index in [1.54, 1.807) is 30.3 Å². The van der Waals surface area contributed by atoms with Crippen LogP contribution < -0.4 is 5.32 Å².